The van der Waals surface area contributed by atoms with E-state index in [4.69, 9.17) is 14.3 Å². The summed E-state index contributed by atoms with van der Waals surface area (Å²) in [6.45, 7) is 1.41. The Morgan fingerprint density at radius 3 is 2.27 bits per heavy atom. The second kappa shape index (κ2) is 9.27. The number of rotatable bonds is 7. The van der Waals surface area contributed by atoms with Crippen molar-refractivity contribution in [1.29, 1.82) is 0 Å². The smallest absolute Gasteiger partial charge is 0.344 e. The first-order chi connectivity index (χ1) is 15.8. The van der Waals surface area contributed by atoms with Gasteiger partial charge in [-0.3, -0.25) is 9.00 Å². The molecule has 4 rings (SSSR count). The second-order valence-electron chi connectivity index (χ2n) is 7.17. The van der Waals surface area contributed by atoms with Crippen LogP contribution in [0.4, 0.5) is 5.69 Å². The van der Waals surface area contributed by atoms with Gasteiger partial charge in [0.1, 0.15) is 11.3 Å². The van der Waals surface area contributed by atoms with E-state index in [1.165, 1.54) is 25.1 Å². The van der Waals surface area contributed by atoms with E-state index in [0.717, 1.165) is 11.1 Å². The van der Waals surface area contributed by atoms with Crippen molar-refractivity contribution in [3.05, 3.63) is 78.6 Å². The first kappa shape index (κ1) is 22.3. The number of amides is 1. The molecule has 168 valence electrons. The van der Waals surface area contributed by atoms with Crippen LogP contribution in [-0.4, -0.2) is 31.8 Å². The fourth-order valence-electron chi connectivity index (χ4n) is 3.19. The number of furan rings is 1. The van der Waals surface area contributed by atoms with Crippen LogP contribution in [0.5, 0.6) is 5.75 Å². The molecule has 0 aliphatic rings. The fourth-order valence-corrected chi connectivity index (χ4v) is 3.55. The molecule has 0 radical (unpaired) electrons. The summed E-state index contributed by atoms with van der Waals surface area (Å²) in [6.07, 6.45) is -1.06. The number of carboxylic acids is 1. The van der Waals surface area contributed by atoms with Crippen LogP contribution in [-0.2, 0) is 15.9 Å². The summed E-state index contributed by atoms with van der Waals surface area (Å²) in [5.41, 5.74) is 2.63. The molecule has 0 bridgehead atoms. The van der Waals surface area contributed by atoms with Crippen molar-refractivity contribution in [3.63, 3.8) is 0 Å². The Bertz CT molecular complexity index is 1340. The molecule has 9 heteroatoms. The Balaban J connectivity index is 1.50. The third kappa shape index (κ3) is 4.94. The van der Waals surface area contributed by atoms with Crippen LogP contribution >= 0.6 is 0 Å². The molecular weight excluding hydrogens is 446 g/mol. The Labute approximate surface area is 191 Å². The Morgan fingerprint density at radius 2 is 1.67 bits per heavy atom. The number of aliphatic carboxylic acids is 1. The largest absolute Gasteiger partial charge is 0.768 e. The lowest BCUT2D eigenvalue weighted by atomic mass is 10.1. The highest BCUT2D eigenvalue weighted by molar-refractivity contribution is 7.79. The number of hydrogen-bond acceptors (Lipinski definition) is 6. The van der Waals surface area contributed by atoms with Gasteiger partial charge in [0.15, 0.2) is 11.9 Å². The number of carboxylic acid groups (broad SMARTS) is 1. The van der Waals surface area contributed by atoms with E-state index in [-0.39, 0.29) is 10.7 Å². The average molecular weight is 464 g/mol. The van der Waals surface area contributed by atoms with E-state index in [2.05, 4.69) is 5.32 Å². The second-order valence-corrected chi connectivity index (χ2v) is 8.11. The number of carbonyl (C=O) groups excluding carboxylic acids is 1. The average Bonchev–Trinajstić information content (AvgIpc) is 3.25. The molecule has 1 heterocycles. The highest BCUT2D eigenvalue weighted by atomic mass is 32.2. The zero-order valence-corrected chi connectivity index (χ0v) is 18.1. The molecule has 1 amide bonds. The molecule has 2 N–H and O–H groups in total. The number of carbonyl (C=O) groups is 2. The molecule has 33 heavy (non-hydrogen) atoms. The Hall–Kier alpha value is -3.95. The molecule has 0 fully saturated rings. The predicted octanol–water partition coefficient (Wildman–Crippen LogP) is 4.44. The van der Waals surface area contributed by atoms with Gasteiger partial charge in [0.2, 0.25) is 0 Å². The molecular formula is C24H18NO7S-. The van der Waals surface area contributed by atoms with Gasteiger partial charge in [-0.15, -0.1) is 0 Å². The van der Waals surface area contributed by atoms with Crippen molar-refractivity contribution in [3.8, 4) is 16.9 Å². The van der Waals surface area contributed by atoms with Crippen LogP contribution < -0.4 is 10.1 Å². The lowest BCUT2D eigenvalue weighted by molar-refractivity contribution is -0.144. The molecule has 0 saturated carbocycles. The fraction of sp³-hybridized carbons (Fsp3) is 0.0833. The maximum Gasteiger partial charge on any atom is 0.344 e. The quantitative estimate of drug-likeness (QED) is 0.387. The molecule has 0 aliphatic carbocycles. The zero-order valence-electron chi connectivity index (χ0n) is 17.3. The normalized spacial score (nSPS) is 12.8. The van der Waals surface area contributed by atoms with Crippen LogP contribution in [0.2, 0.25) is 0 Å². The minimum absolute atomic E-state index is 0.0503. The molecule has 0 aliphatic heterocycles. The van der Waals surface area contributed by atoms with Gasteiger partial charge < -0.3 is 24.1 Å². The maximum atomic E-state index is 12.7. The summed E-state index contributed by atoms with van der Waals surface area (Å²) in [6, 6.07) is 19.9. The van der Waals surface area contributed by atoms with Gasteiger partial charge in [-0.2, -0.15) is 0 Å². The Morgan fingerprint density at radius 1 is 1.03 bits per heavy atom. The summed E-state index contributed by atoms with van der Waals surface area (Å²) >= 11 is -2.28. The highest BCUT2D eigenvalue weighted by Gasteiger charge is 2.18. The summed E-state index contributed by atoms with van der Waals surface area (Å²) in [5.74, 6) is -1.22. The SMILES string of the molecule is CC(Oc1cccc2oc(C(=O)Nc3ccc(-c4ccc(S(=O)[O-])cc4)cc3)cc12)C(=O)O. The van der Waals surface area contributed by atoms with Gasteiger partial charge in [-0.1, -0.05) is 30.3 Å². The summed E-state index contributed by atoms with van der Waals surface area (Å²) in [7, 11) is 0. The monoisotopic (exact) mass is 464 g/mol. The lowest BCUT2D eigenvalue weighted by Gasteiger charge is -2.10. The van der Waals surface area contributed by atoms with Crippen LogP contribution in [0.3, 0.4) is 0 Å². The van der Waals surface area contributed by atoms with E-state index in [1.54, 1.807) is 54.6 Å². The van der Waals surface area contributed by atoms with E-state index < -0.39 is 29.1 Å². The summed E-state index contributed by atoms with van der Waals surface area (Å²) in [5, 5.41) is 12.3. The molecule has 2 unspecified atom stereocenters. The molecule has 8 nitrogen and oxygen atoms in total. The van der Waals surface area contributed by atoms with Crippen molar-refractivity contribution < 1.29 is 32.6 Å². The van der Waals surface area contributed by atoms with Gasteiger partial charge in [0, 0.05) is 16.6 Å². The van der Waals surface area contributed by atoms with Gasteiger partial charge in [0.25, 0.3) is 5.91 Å². The molecule has 2 atom stereocenters. The van der Waals surface area contributed by atoms with E-state index in [1.807, 2.05) is 0 Å². The number of nitrogens with one attached hydrogen (secondary N) is 1. The topological polar surface area (TPSA) is 129 Å². The number of ether oxygens (including phenoxy) is 1. The molecule has 0 saturated heterocycles. The standard InChI is InChI=1S/C24H19NO7S/c1-14(24(27)28)31-20-3-2-4-21-19(20)13-22(32-21)23(26)25-17-9-5-15(6-10-17)16-7-11-18(12-8-16)33(29)30/h2-14H,1H3,(H,25,26)(H,27,28)(H,29,30)/p-1. The first-order valence-corrected chi connectivity index (χ1v) is 10.9. The third-order valence-electron chi connectivity index (χ3n) is 4.92. The minimum atomic E-state index is -2.28. The molecule has 3 aromatic carbocycles. The Kier molecular flexibility index (Phi) is 6.25. The van der Waals surface area contributed by atoms with Crippen molar-refractivity contribution in [1.82, 2.24) is 0 Å². The number of benzene rings is 3. The molecule has 4 aromatic rings. The van der Waals surface area contributed by atoms with Crippen LogP contribution in [0, 0.1) is 0 Å². The summed E-state index contributed by atoms with van der Waals surface area (Å²) < 4.78 is 33.0. The van der Waals surface area contributed by atoms with Gasteiger partial charge in [-0.05, 0) is 65.5 Å². The van der Waals surface area contributed by atoms with E-state index >= 15 is 0 Å². The van der Waals surface area contributed by atoms with Crippen molar-refractivity contribution in [2.75, 3.05) is 5.32 Å². The first-order valence-electron chi connectivity index (χ1n) is 9.85. The van der Waals surface area contributed by atoms with E-state index in [9.17, 15) is 18.4 Å². The number of hydrogen-bond donors (Lipinski definition) is 2. The maximum absolute atomic E-state index is 12.7. The molecule has 0 spiro atoms. The van der Waals surface area contributed by atoms with Crippen molar-refractivity contribution in [2.24, 2.45) is 0 Å². The number of fused-ring (bicyclic) bond motifs is 1. The van der Waals surface area contributed by atoms with Gasteiger partial charge in [0.05, 0.1) is 5.39 Å². The number of anilines is 1. The van der Waals surface area contributed by atoms with Gasteiger partial charge in [-0.25, -0.2) is 4.79 Å². The lowest BCUT2D eigenvalue weighted by Crippen LogP contribution is -2.22. The van der Waals surface area contributed by atoms with Gasteiger partial charge >= 0.3 is 5.97 Å². The van der Waals surface area contributed by atoms with Crippen molar-refractivity contribution >= 4 is 39.6 Å². The third-order valence-corrected chi connectivity index (χ3v) is 5.58. The zero-order chi connectivity index (χ0) is 23.5. The van der Waals surface area contributed by atoms with Crippen molar-refractivity contribution in [2.45, 2.75) is 17.9 Å². The highest BCUT2D eigenvalue weighted by Crippen LogP contribution is 2.30. The molecule has 1 aromatic heterocycles. The van der Waals surface area contributed by atoms with Crippen LogP contribution in [0.15, 0.2) is 82.1 Å². The minimum Gasteiger partial charge on any atom is -0.768 e. The predicted molar refractivity (Wildman–Crippen MR) is 121 cm³/mol. The van der Waals surface area contributed by atoms with Crippen LogP contribution in [0.1, 0.15) is 17.5 Å². The van der Waals surface area contributed by atoms with E-state index in [0.29, 0.717) is 22.4 Å². The summed E-state index contributed by atoms with van der Waals surface area (Å²) in [4.78, 5) is 24.0. The van der Waals surface area contributed by atoms with Crippen LogP contribution in [0.25, 0.3) is 22.1 Å².